The molecule has 0 aliphatic carbocycles. The molecule has 2 aliphatic heterocycles. The minimum Gasteiger partial charge on any atom is -0.486 e. The number of pyridine rings is 1. The molecule has 42 heavy (non-hydrogen) atoms. The first-order valence-corrected chi connectivity index (χ1v) is 14.0. The molecule has 1 amide bonds. The summed E-state index contributed by atoms with van der Waals surface area (Å²) in [6, 6.07) is 25.2. The second-order valence-electron chi connectivity index (χ2n) is 10.2. The van der Waals surface area contributed by atoms with Crippen molar-refractivity contribution in [2.45, 2.75) is 12.6 Å². The van der Waals surface area contributed by atoms with Crippen molar-refractivity contribution in [2.75, 3.05) is 39.4 Å². The molecule has 3 aromatic carbocycles. The summed E-state index contributed by atoms with van der Waals surface area (Å²) in [5.41, 5.74) is 3.65. The SMILES string of the molecule is O=C(OCc1ccccc1)N1CCN(C(c2ccnc3ccccc23)c2nnnn2-c2ccc3c(c2)OCCO3)CC1. The molecule has 0 radical (unpaired) electrons. The van der Waals surface area contributed by atoms with Crippen molar-refractivity contribution in [3.8, 4) is 17.2 Å². The number of carbonyl (C=O) groups excluding carboxylic acids is 1. The summed E-state index contributed by atoms with van der Waals surface area (Å²) in [6.45, 7) is 3.49. The van der Waals surface area contributed by atoms with E-state index in [0.717, 1.165) is 27.7 Å². The van der Waals surface area contributed by atoms with Crippen LogP contribution >= 0.6 is 0 Å². The quantitative estimate of drug-likeness (QED) is 0.303. The molecule has 1 atom stereocenters. The Balaban J connectivity index is 1.19. The molecule has 1 unspecified atom stereocenters. The standard InChI is InChI=1S/C31H29N7O4/c39-31(42-21-22-6-2-1-3-7-22)37-16-14-36(15-17-37)29(25-12-13-32-26-9-5-4-8-24(25)26)30-33-34-35-38(30)23-10-11-27-28(20-23)41-19-18-40-27/h1-13,20,29H,14-19,21H2. The number of ether oxygens (including phenoxy) is 3. The molecule has 4 heterocycles. The number of fused-ring (bicyclic) bond motifs is 2. The molecule has 5 aromatic rings. The second-order valence-corrected chi connectivity index (χ2v) is 10.2. The summed E-state index contributed by atoms with van der Waals surface area (Å²) in [4.78, 5) is 21.5. The van der Waals surface area contributed by atoms with Crippen LogP contribution in [-0.2, 0) is 11.3 Å². The van der Waals surface area contributed by atoms with Crippen LogP contribution in [0.15, 0.2) is 85.1 Å². The molecule has 7 rings (SSSR count). The summed E-state index contributed by atoms with van der Waals surface area (Å²) < 4.78 is 18.9. The number of tetrazole rings is 1. The number of hydrogen-bond donors (Lipinski definition) is 0. The molecular weight excluding hydrogens is 534 g/mol. The predicted octanol–water partition coefficient (Wildman–Crippen LogP) is 4.03. The number of amides is 1. The molecule has 1 saturated heterocycles. The zero-order valence-electron chi connectivity index (χ0n) is 22.9. The lowest BCUT2D eigenvalue weighted by Crippen LogP contribution is -2.50. The number of piperazine rings is 1. The first kappa shape index (κ1) is 25.9. The van der Waals surface area contributed by atoms with Crippen molar-refractivity contribution in [3.05, 3.63) is 102 Å². The minimum atomic E-state index is -0.314. The highest BCUT2D eigenvalue weighted by molar-refractivity contribution is 5.82. The van der Waals surface area contributed by atoms with E-state index in [4.69, 9.17) is 14.2 Å². The van der Waals surface area contributed by atoms with E-state index in [9.17, 15) is 4.79 Å². The zero-order valence-corrected chi connectivity index (χ0v) is 22.9. The van der Waals surface area contributed by atoms with Crippen LogP contribution in [0.1, 0.15) is 23.0 Å². The van der Waals surface area contributed by atoms with Gasteiger partial charge in [0.1, 0.15) is 19.8 Å². The number of rotatable bonds is 6. The van der Waals surface area contributed by atoms with E-state index < -0.39 is 0 Å². The van der Waals surface area contributed by atoms with Crippen LogP contribution in [-0.4, -0.2) is 80.5 Å². The van der Waals surface area contributed by atoms with E-state index in [0.29, 0.717) is 56.7 Å². The lowest BCUT2D eigenvalue weighted by Gasteiger charge is -2.38. The maximum absolute atomic E-state index is 12.9. The Morgan fingerprint density at radius 3 is 2.52 bits per heavy atom. The average molecular weight is 564 g/mol. The maximum Gasteiger partial charge on any atom is 0.410 e. The van der Waals surface area contributed by atoms with Gasteiger partial charge in [0, 0.05) is 43.8 Å². The van der Waals surface area contributed by atoms with E-state index >= 15 is 0 Å². The van der Waals surface area contributed by atoms with Crippen LogP contribution < -0.4 is 9.47 Å². The third kappa shape index (κ3) is 5.10. The first-order valence-electron chi connectivity index (χ1n) is 14.0. The fraction of sp³-hybridized carbons (Fsp3) is 0.258. The number of hydrogen-bond acceptors (Lipinski definition) is 9. The predicted molar refractivity (Wildman–Crippen MR) is 154 cm³/mol. The van der Waals surface area contributed by atoms with Gasteiger partial charge in [0.05, 0.1) is 17.2 Å². The number of carbonyl (C=O) groups is 1. The van der Waals surface area contributed by atoms with Gasteiger partial charge in [0.15, 0.2) is 17.3 Å². The lowest BCUT2D eigenvalue weighted by molar-refractivity contribution is 0.0634. The van der Waals surface area contributed by atoms with Crippen LogP contribution in [0.25, 0.3) is 16.6 Å². The first-order chi connectivity index (χ1) is 20.7. The van der Waals surface area contributed by atoms with E-state index in [1.54, 1.807) is 9.58 Å². The highest BCUT2D eigenvalue weighted by Crippen LogP contribution is 2.36. The third-order valence-corrected chi connectivity index (χ3v) is 7.63. The fourth-order valence-corrected chi connectivity index (χ4v) is 5.54. The van der Waals surface area contributed by atoms with Crippen molar-refractivity contribution < 1.29 is 19.0 Å². The van der Waals surface area contributed by atoms with Gasteiger partial charge in [-0.05, 0) is 45.8 Å². The second kappa shape index (κ2) is 11.5. The van der Waals surface area contributed by atoms with Crippen LogP contribution in [0.5, 0.6) is 11.5 Å². The van der Waals surface area contributed by atoms with Crippen LogP contribution in [0.4, 0.5) is 4.79 Å². The topological polar surface area (TPSA) is 108 Å². The largest absolute Gasteiger partial charge is 0.486 e. The van der Waals surface area contributed by atoms with E-state index in [1.807, 2.05) is 79.0 Å². The van der Waals surface area contributed by atoms with Gasteiger partial charge in [-0.2, -0.15) is 4.68 Å². The third-order valence-electron chi connectivity index (χ3n) is 7.63. The Kier molecular flexibility index (Phi) is 7.07. The Hall–Kier alpha value is -5.03. The molecule has 0 saturated carbocycles. The lowest BCUT2D eigenvalue weighted by atomic mass is 9.99. The van der Waals surface area contributed by atoms with Crippen LogP contribution in [0.3, 0.4) is 0 Å². The number of aromatic nitrogens is 5. The van der Waals surface area contributed by atoms with E-state index in [2.05, 4.69) is 31.5 Å². The van der Waals surface area contributed by atoms with Gasteiger partial charge >= 0.3 is 6.09 Å². The van der Waals surface area contributed by atoms with Crippen molar-refractivity contribution in [3.63, 3.8) is 0 Å². The average Bonchev–Trinajstić information content (AvgIpc) is 3.54. The van der Waals surface area contributed by atoms with Gasteiger partial charge in [-0.1, -0.05) is 48.5 Å². The molecule has 0 N–H and O–H groups in total. The van der Waals surface area contributed by atoms with Gasteiger partial charge < -0.3 is 19.1 Å². The van der Waals surface area contributed by atoms with E-state index in [-0.39, 0.29) is 18.7 Å². The molecule has 212 valence electrons. The smallest absolute Gasteiger partial charge is 0.410 e. The molecule has 11 heteroatoms. The normalized spacial score (nSPS) is 15.9. The van der Waals surface area contributed by atoms with Crippen molar-refractivity contribution in [2.24, 2.45) is 0 Å². The summed E-state index contributed by atoms with van der Waals surface area (Å²) in [5.74, 6) is 2.02. The minimum absolute atomic E-state index is 0.246. The fourth-order valence-electron chi connectivity index (χ4n) is 5.54. The zero-order chi connectivity index (χ0) is 28.3. The summed E-state index contributed by atoms with van der Waals surface area (Å²) in [6.07, 6.45) is 1.51. The monoisotopic (exact) mass is 563 g/mol. The molecule has 0 spiro atoms. The Bertz CT molecular complexity index is 1700. The summed E-state index contributed by atoms with van der Waals surface area (Å²) >= 11 is 0. The molecule has 2 aliphatic rings. The van der Waals surface area contributed by atoms with Gasteiger partial charge in [-0.3, -0.25) is 9.88 Å². The Morgan fingerprint density at radius 2 is 1.67 bits per heavy atom. The highest BCUT2D eigenvalue weighted by Gasteiger charge is 2.34. The molecule has 2 aromatic heterocycles. The molecule has 0 bridgehead atoms. The maximum atomic E-state index is 12.9. The van der Waals surface area contributed by atoms with Gasteiger partial charge in [0.25, 0.3) is 0 Å². The van der Waals surface area contributed by atoms with Gasteiger partial charge in [-0.25, -0.2) is 4.79 Å². The summed E-state index contributed by atoms with van der Waals surface area (Å²) in [5, 5.41) is 14.0. The Labute approximate surface area is 242 Å². The van der Waals surface area contributed by atoms with E-state index in [1.165, 1.54) is 0 Å². The number of benzene rings is 3. The number of nitrogens with zero attached hydrogens (tertiary/aromatic N) is 7. The summed E-state index contributed by atoms with van der Waals surface area (Å²) in [7, 11) is 0. The molecule has 1 fully saturated rings. The van der Waals surface area contributed by atoms with Crippen molar-refractivity contribution >= 4 is 17.0 Å². The van der Waals surface area contributed by atoms with Crippen molar-refractivity contribution in [1.82, 2.24) is 35.0 Å². The molecule has 11 nitrogen and oxygen atoms in total. The van der Waals surface area contributed by atoms with Gasteiger partial charge in [-0.15, -0.1) is 5.10 Å². The molecular formula is C31H29N7O4. The van der Waals surface area contributed by atoms with Crippen LogP contribution in [0.2, 0.25) is 0 Å². The highest BCUT2D eigenvalue weighted by atomic mass is 16.6. The Morgan fingerprint density at radius 1 is 0.881 bits per heavy atom. The number of para-hydroxylation sites is 1. The van der Waals surface area contributed by atoms with Gasteiger partial charge in [0.2, 0.25) is 0 Å². The van der Waals surface area contributed by atoms with Crippen LogP contribution in [0, 0.1) is 0 Å². The van der Waals surface area contributed by atoms with Crippen molar-refractivity contribution in [1.29, 1.82) is 0 Å².